The van der Waals surface area contributed by atoms with Gasteiger partial charge in [-0.3, -0.25) is 4.79 Å². The summed E-state index contributed by atoms with van der Waals surface area (Å²) in [5, 5.41) is 4.23. The normalized spacial score (nSPS) is 23.7. The van der Waals surface area contributed by atoms with Crippen molar-refractivity contribution in [3.63, 3.8) is 0 Å². The molecule has 1 saturated heterocycles. The highest BCUT2D eigenvalue weighted by Crippen LogP contribution is 2.32. The molecule has 0 aromatic heterocycles. The molecular weight excluding hydrogens is 261 g/mol. The maximum atomic E-state index is 11.6. The summed E-state index contributed by atoms with van der Waals surface area (Å²) < 4.78 is 4.80. The van der Waals surface area contributed by atoms with Crippen molar-refractivity contribution in [3.8, 4) is 0 Å². The number of carbonyl (C=O) groups excluding carboxylic acids is 1. The fraction of sp³-hybridized carbons (Fsp3) is 0.417. The molecule has 2 atom stereocenters. The van der Waals surface area contributed by atoms with E-state index in [1.165, 1.54) is 7.11 Å². The number of hydrogen-bond donors (Lipinski definition) is 1. The molecule has 1 aliphatic rings. The third-order valence-corrected chi connectivity index (χ3v) is 3.83. The van der Waals surface area contributed by atoms with Crippen molar-refractivity contribution < 1.29 is 9.53 Å². The average Bonchev–Trinajstić information content (AvgIpc) is 2.80. The number of rotatable bonds is 2. The predicted octanol–water partition coefficient (Wildman–Crippen LogP) is 2.47. The van der Waals surface area contributed by atoms with E-state index in [1.54, 1.807) is 6.07 Å². The van der Waals surface area contributed by atoms with Gasteiger partial charge in [-0.15, -0.1) is 0 Å². The van der Waals surface area contributed by atoms with Crippen molar-refractivity contribution in [2.45, 2.75) is 5.92 Å². The van der Waals surface area contributed by atoms with Crippen molar-refractivity contribution in [1.82, 2.24) is 5.32 Å². The standard InChI is InChI=1S/C12H13Cl2NO2/c1-17-12(16)9-6-15-5-8(9)7-2-3-10(13)11(14)4-7/h2-4,8-9,15H,5-6H2,1H3. The van der Waals surface area contributed by atoms with Gasteiger partial charge in [0.25, 0.3) is 0 Å². The molecule has 2 rings (SSSR count). The molecule has 3 nitrogen and oxygen atoms in total. The first kappa shape index (κ1) is 12.7. The summed E-state index contributed by atoms with van der Waals surface area (Å²) in [6.45, 7) is 1.38. The Labute approximate surface area is 110 Å². The van der Waals surface area contributed by atoms with Gasteiger partial charge in [0.15, 0.2) is 0 Å². The van der Waals surface area contributed by atoms with Gasteiger partial charge < -0.3 is 10.1 Å². The molecule has 0 radical (unpaired) electrons. The van der Waals surface area contributed by atoms with Crippen LogP contribution in [0.5, 0.6) is 0 Å². The Bertz CT molecular complexity index is 437. The second-order valence-corrected chi connectivity index (χ2v) is 4.88. The molecule has 1 aromatic rings. The molecule has 92 valence electrons. The Hall–Kier alpha value is -0.770. The first-order chi connectivity index (χ1) is 8.13. The lowest BCUT2D eigenvalue weighted by Crippen LogP contribution is -2.22. The summed E-state index contributed by atoms with van der Waals surface area (Å²) >= 11 is 11.9. The molecule has 1 N–H and O–H groups in total. The highest BCUT2D eigenvalue weighted by molar-refractivity contribution is 6.42. The number of hydrogen-bond acceptors (Lipinski definition) is 3. The smallest absolute Gasteiger partial charge is 0.310 e. The maximum absolute atomic E-state index is 11.6. The molecule has 0 saturated carbocycles. The predicted molar refractivity (Wildman–Crippen MR) is 67.6 cm³/mol. The van der Waals surface area contributed by atoms with Crippen LogP contribution in [0.2, 0.25) is 10.0 Å². The Morgan fingerprint density at radius 2 is 2.12 bits per heavy atom. The van der Waals surface area contributed by atoms with Crippen LogP contribution in [0.3, 0.4) is 0 Å². The number of ether oxygens (including phenoxy) is 1. The van der Waals surface area contributed by atoms with E-state index in [1.807, 2.05) is 12.1 Å². The van der Waals surface area contributed by atoms with E-state index in [0.29, 0.717) is 16.6 Å². The minimum absolute atomic E-state index is 0.0946. The van der Waals surface area contributed by atoms with Crippen LogP contribution in [0.1, 0.15) is 11.5 Å². The van der Waals surface area contributed by atoms with Crippen LogP contribution in [0.15, 0.2) is 18.2 Å². The number of halogens is 2. The fourth-order valence-corrected chi connectivity index (χ4v) is 2.48. The van der Waals surface area contributed by atoms with Crippen LogP contribution in [0.4, 0.5) is 0 Å². The summed E-state index contributed by atoms with van der Waals surface area (Å²) in [4.78, 5) is 11.6. The summed E-state index contributed by atoms with van der Waals surface area (Å²) in [6.07, 6.45) is 0. The Balaban J connectivity index is 2.26. The average molecular weight is 274 g/mol. The third-order valence-electron chi connectivity index (χ3n) is 3.09. The molecule has 0 bridgehead atoms. The van der Waals surface area contributed by atoms with Crippen LogP contribution in [-0.2, 0) is 9.53 Å². The molecule has 0 spiro atoms. The van der Waals surface area contributed by atoms with Crippen LogP contribution in [0, 0.1) is 5.92 Å². The third kappa shape index (κ3) is 2.57. The van der Waals surface area contributed by atoms with Crippen molar-refractivity contribution in [3.05, 3.63) is 33.8 Å². The largest absolute Gasteiger partial charge is 0.469 e. The minimum atomic E-state index is -0.189. The Morgan fingerprint density at radius 3 is 2.76 bits per heavy atom. The number of methoxy groups -OCH3 is 1. The topological polar surface area (TPSA) is 38.3 Å². The summed E-state index contributed by atoms with van der Waals surface area (Å²) in [6, 6.07) is 5.48. The van der Waals surface area contributed by atoms with E-state index in [4.69, 9.17) is 27.9 Å². The Kier molecular flexibility index (Phi) is 3.92. The van der Waals surface area contributed by atoms with E-state index in [0.717, 1.165) is 12.1 Å². The lowest BCUT2D eigenvalue weighted by Gasteiger charge is -2.17. The van der Waals surface area contributed by atoms with Crippen molar-refractivity contribution in [1.29, 1.82) is 0 Å². The van der Waals surface area contributed by atoms with Crippen molar-refractivity contribution in [2.24, 2.45) is 5.92 Å². The number of carbonyl (C=O) groups is 1. The van der Waals surface area contributed by atoms with Gasteiger partial charge in [-0.25, -0.2) is 0 Å². The van der Waals surface area contributed by atoms with E-state index in [2.05, 4.69) is 5.32 Å². The van der Waals surface area contributed by atoms with Gasteiger partial charge in [0, 0.05) is 19.0 Å². The van der Waals surface area contributed by atoms with E-state index >= 15 is 0 Å². The molecule has 1 heterocycles. The van der Waals surface area contributed by atoms with E-state index in [-0.39, 0.29) is 17.8 Å². The first-order valence-electron chi connectivity index (χ1n) is 5.37. The van der Waals surface area contributed by atoms with Gasteiger partial charge in [0.2, 0.25) is 0 Å². The van der Waals surface area contributed by atoms with Crippen LogP contribution in [0.25, 0.3) is 0 Å². The molecule has 0 aliphatic carbocycles. The van der Waals surface area contributed by atoms with Gasteiger partial charge in [0.1, 0.15) is 0 Å². The number of nitrogens with one attached hydrogen (secondary N) is 1. The monoisotopic (exact) mass is 273 g/mol. The quantitative estimate of drug-likeness (QED) is 0.842. The zero-order chi connectivity index (χ0) is 12.4. The molecule has 2 unspecified atom stereocenters. The van der Waals surface area contributed by atoms with E-state index in [9.17, 15) is 4.79 Å². The number of benzene rings is 1. The van der Waals surface area contributed by atoms with Crippen LogP contribution >= 0.6 is 23.2 Å². The molecule has 1 fully saturated rings. The van der Waals surface area contributed by atoms with Gasteiger partial charge in [0.05, 0.1) is 23.1 Å². The first-order valence-corrected chi connectivity index (χ1v) is 6.12. The fourth-order valence-electron chi connectivity index (χ4n) is 2.17. The van der Waals surface area contributed by atoms with Gasteiger partial charge in [-0.05, 0) is 17.7 Å². The minimum Gasteiger partial charge on any atom is -0.469 e. The lowest BCUT2D eigenvalue weighted by atomic mass is 9.89. The highest BCUT2D eigenvalue weighted by Gasteiger charge is 2.34. The number of esters is 1. The second kappa shape index (κ2) is 5.25. The van der Waals surface area contributed by atoms with Crippen molar-refractivity contribution in [2.75, 3.05) is 20.2 Å². The molecule has 1 aromatic carbocycles. The zero-order valence-corrected chi connectivity index (χ0v) is 10.9. The lowest BCUT2D eigenvalue weighted by molar-refractivity contribution is -0.145. The SMILES string of the molecule is COC(=O)C1CNCC1c1ccc(Cl)c(Cl)c1. The summed E-state index contributed by atoms with van der Waals surface area (Å²) in [5.74, 6) is -0.250. The summed E-state index contributed by atoms with van der Waals surface area (Å²) in [5.41, 5.74) is 1.01. The molecule has 0 amide bonds. The molecule has 5 heteroatoms. The van der Waals surface area contributed by atoms with Gasteiger partial charge in [-0.1, -0.05) is 29.3 Å². The van der Waals surface area contributed by atoms with E-state index < -0.39 is 0 Å². The second-order valence-electron chi connectivity index (χ2n) is 4.07. The highest BCUT2D eigenvalue weighted by atomic mass is 35.5. The Morgan fingerprint density at radius 1 is 1.35 bits per heavy atom. The van der Waals surface area contributed by atoms with Gasteiger partial charge >= 0.3 is 5.97 Å². The molecule has 17 heavy (non-hydrogen) atoms. The zero-order valence-electron chi connectivity index (χ0n) is 9.37. The van der Waals surface area contributed by atoms with Gasteiger partial charge in [-0.2, -0.15) is 0 Å². The maximum Gasteiger partial charge on any atom is 0.310 e. The van der Waals surface area contributed by atoms with Crippen LogP contribution < -0.4 is 5.32 Å². The summed E-state index contributed by atoms with van der Waals surface area (Å²) in [7, 11) is 1.41. The molecular formula is C12H13Cl2NO2. The van der Waals surface area contributed by atoms with Crippen LogP contribution in [-0.4, -0.2) is 26.2 Å². The molecule has 1 aliphatic heterocycles. The van der Waals surface area contributed by atoms with Crippen molar-refractivity contribution >= 4 is 29.2 Å².